The van der Waals surface area contributed by atoms with E-state index in [2.05, 4.69) is 16.7 Å². The van der Waals surface area contributed by atoms with Crippen molar-refractivity contribution >= 4 is 58.4 Å². The highest BCUT2D eigenvalue weighted by atomic mass is 35.5. The Kier molecular flexibility index (Phi) is 7.80. The van der Waals surface area contributed by atoms with Crippen LogP contribution >= 0.6 is 35.0 Å². The molecule has 2 N–H and O–H groups in total. The van der Waals surface area contributed by atoms with Crippen LogP contribution in [0.15, 0.2) is 59.1 Å². The fourth-order valence-corrected chi connectivity index (χ4v) is 4.46. The van der Waals surface area contributed by atoms with Gasteiger partial charge in [0.15, 0.2) is 0 Å². The van der Waals surface area contributed by atoms with Crippen LogP contribution < -0.4 is 10.6 Å². The smallest absolute Gasteiger partial charge is 0.319 e. The molecule has 0 fully saturated rings. The Morgan fingerprint density at radius 2 is 1.91 bits per heavy atom. The van der Waals surface area contributed by atoms with E-state index in [-0.39, 0.29) is 21.4 Å². The van der Waals surface area contributed by atoms with E-state index in [1.807, 2.05) is 0 Å². The topological polar surface area (TPSA) is 108 Å². The van der Waals surface area contributed by atoms with Gasteiger partial charge < -0.3 is 15.4 Å². The van der Waals surface area contributed by atoms with E-state index in [4.69, 9.17) is 27.9 Å². The Bertz CT molecular complexity index is 1130. The van der Waals surface area contributed by atoms with E-state index in [9.17, 15) is 19.6 Å². The first-order valence-corrected chi connectivity index (χ1v) is 11.1. The highest BCUT2D eigenvalue weighted by Crippen LogP contribution is 2.40. The number of hydrogen-bond donors (Lipinski definition) is 2. The first kappa shape index (κ1) is 23.7. The summed E-state index contributed by atoms with van der Waals surface area (Å²) in [7, 11) is 1.18. The summed E-state index contributed by atoms with van der Waals surface area (Å²) in [6, 6.07) is 15.7. The molecule has 10 heteroatoms. The van der Waals surface area contributed by atoms with E-state index < -0.39 is 29.6 Å². The average molecular weight is 490 g/mol. The Balaban J connectivity index is 1.87. The van der Waals surface area contributed by atoms with Crippen molar-refractivity contribution in [2.45, 2.75) is 5.92 Å². The number of rotatable bonds is 6. The number of anilines is 1. The maximum Gasteiger partial charge on any atom is 0.319 e. The quantitative estimate of drug-likeness (QED) is 0.466. The van der Waals surface area contributed by atoms with Gasteiger partial charge in [0, 0.05) is 5.92 Å². The molecule has 0 saturated carbocycles. The molecule has 0 unspecified atom stereocenters. The van der Waals surface area contributed by atoms with Gasteiger partial charge in [0.2, 0.25) is 11.8 Å². The van der Waals surface area contributed by atoms with Gasteiger partial charge in [-0.1, -0.05) is 71.4 Å². The summed E-state index contributed by atoms with van der Waals surface area (Å²) in [5.41, 5.74) is 1.13. The van der Waals surface area contributed by atoms with Crippen LogP contribution in [0.5, 0.6) is 0 Å². The molecule has 7 nitrogen and oxygen atoms in total. The number of carbonyl (C=O) groups excluding carboxylic acids is 3. The van der Waals surface area contributed by atoms with Crippen molar-refractivity contribution in [1.82, 2.24) is 5.32 Å². The molecule has 2 amide bonds. The van der Waals surface area contributed by atoms with Crippen molar-refractivity contribution in [2.75, 3.05) is 18.2 Å². The van der Waals surface area contributed by atoms with Gasteiger partial charge in [0.1, 0.15) is 5.92 Å². The van der Waals surface area contributed by atoms with Crippen LogP contribution in [0.4, 0.5) is 5.69 Å². The van der Waals surface area contributed by atoms with E-state index in [0.717, 1.165) is 11.8 Å². The minimum Gasteiger partial charge on any atom is -0.468 e. The third kappa shape index (κ3) is 5.07. The number of nitriles is 1. The minimum absolute atomic E-state index is 0.117. The molecule has 3 rings (SSSR count). The summed E-state index contributed by atoms with van der Waals surface area (Å²) >= 11 is 13.0. The highest BCUT2D eigenvalue weighted by molar-refractivity contribution is 8.03. The molecule has 0 radical (unpaired) electrons. The molecule has 0 bridgehead atoms. The molecule has 0 saturated heterocycles. The third-order valence-corrected chi connectivity index (χ3v) is 6.55. The zero-order valence-corrected chi connectivity index (χ0v) is 19.1. The van der Waals surface area contributed by atoms with Crippen LogP contribution in [-0.4, -0.2) is 30.6 Å². The highest BCUT2D eigenvalue weighted by Gasteiger charge is 2.44. The number of ether oxygens (including phenoxy) is 1. The summed E-state index contributed by atoms with van der Waals surface area (Å²) in [5, 5.41) is 15.8. The van der Waals surface area contributed by atoms with Gasteiger partial charge >= 0.3 is 5.97 Å². The Labute approximate surface area is 198 Å². The number of thioether (sulfide) groups is 1. The number of nitrogens with zero attached hydrogens (tertiary/aromatic N) is 1. The second-order valence-electron chi connectivity index (χ2n) is 6.67. The number of allylic oxidation sites excluding steroid dienone is 1. The number of hydrogen-bond acceptors (Lipinski definition) is 6. The molecule has 1 heterocycles. The second-order valence-corrected chi connectivity index (χ2v) is 8.44. The monoisotopic (exact) mass is 489 g/mol. The van der Waals surface area contributed by atoms with Gasteiger partial charge in [-0.25, -0.2) is 0 Å². The van der Waals surface area contributed by atoms with E-state index in [0.29, 0.717) is 16.3 Å². The lowest BCUT2D eigenvalue weighted by Gasteiger charge is -2.30. The maximum atomic E-state index is 12.8. The van der Waals surface area contributed by atoms with E-state index in [1.165, 1.54) is 7.11 Å². The number of halogens is 2. The fourth-order valence-electron chi connectivity index (χ4n) is 3.26. The van der Waals surface area contributed by atoms with Crippen molar-refractivity contribution in [2.24, 2.45) is 5.92 Å². The van der Waals surface area contributed by atoms with Crippen LogP contribution in [-0.2, 0) is 19.1 Å². The number of methoxy groups -OCH3 is 1. The first-order chi connectivity index (χ1) is 15.4. The normalized spacial score (nSPS) is 17.9. The van der Waals surface area contributed by atoms with Gasteiger partial charge in [-0.3, -0.25) is 14.4 Å². The Morgan fingerprint density at radius 3 is 2.56 bits per heavy atom. The molecule has 0 aliphatic carbocycles. The zero-order chi connectivity index (χ0) is 23.3. The minimum atomic E-state index is -1.22. The molecule has 2 aromatic carbocycles. The van der Waals surface area contributed by atoms with Gasteiger partial charge in [-0.05, 0) is 17.7 Å². The second kappa shape index (κ2) is 10.6. The molecule has 32 heavy (non-hydrogen) atoms. The van der Waals surface area contributed by atoms with Crippen LogP contribution in [0.1, 0.15) is 11.5 Å². The summed E-state index contributed by atoms with van der Waals surface area (Å²) in [6.07, 6.45) is 0. The van der Waals surface area contributed by atoms with Crippen LogP contribution in [0.3, 0.4) is 0 Å². The van der Waals surface area contributed by atoms with Gasteiger partial charge in [-0.15, -0.1) is 0 Å². The van der Waals surface area contributed by atoms with Crippen molar-refractivity contribution in [3.8, 4) is 6.07 Å². The molecular weight excluding hydrogens is 473 g/mol. The van der Waals surface area contributed by atoms with Gasteiger partial charge in [-0.2, -0.15) is 5.26 Å². The largest absolute Gasteiger partial charge is 0.468 e. The summed E-state index contributed by atoms with van der Waals surface area (Å²) < 4.78 is 4.80. The zero-order valence-electron chi connectivity index (χ0n) is 16.7. The molecule has 2 atom stereocenters. The van der Waals surface area contributed by atoms with Gasteiger partial charge in [0.25, 0.3) is 0 Å². The Morgan fingerprint density at radius 1 is 1.19 bits per heavy atom. The van der Waals surface area contributed by atoms with Gasteiger partial charge in [0.05, 0.1) is 45.3 Å². The van der Waals surface area contributed by atoms with Crippen molar-refractivity contribution in [3.05, 3.63) is 74.7 Å². The first-order valence-electron chi connectivity index (χ1n) is 9.32. The molecule has 1 aliphatic heterocycles. The number of amides is 2. The summed E-state index contributed by atoms with van der Waals surface area (Å²) in [4.78, 5) is 37.6. The lowest BCUT2D eigenvalue weighted by Crippen LogP contribution is -2.44. The third-order valence-electron chi connectivity index (χ3n) is 4.72. The van der Waals surface area contributed by atoms with Crippen LogP contribution in [0, 0.1) is 17.2 Å². The molecule has 0 aromatic heterocycles. The number of carbonyl (C=O) groups is 3. The molecular formula is C22H17Cl2N3O4S. The lowest BCUT2D eigenvalue weighted by atomic mass is 9.78. The standard InChI is InChI=1S/C22H17Cl2N3O4S/c1-31-22(30)18-17(12-6-3-2-4-7-12)13(10-25)21(27-20(18)29)32-11-16(28)26-15-9-5-8-14(23)19(15)24/h2-9,17-18H,11H2,1H3,(H,26,28)(H,27,29)/t17-,18-/m0/s1. The van der Waals surface area contributed by atoms with Crippen LogP contribution in [0.25, 0.3) is 0 Å². The lowest BCUT2D eigenvalue weighted by molar-refractivity contribution is -0.150. The average Bonchev–Trinajstić information content (AvgIpc) is 2.80. The molecule has 2 aromatic rings. The molecule has 164 valence electrons. The van der Waals surface area contributed by atoms with Crippen molar-refractivity contribution in [3.63, 3.8) is 0 Å². The van der Waals surface area contributed by atoms with Crippen molar-refractivity contribution in [1.29, 1.82) is 5.26 Å². The number of esters is 1. The predicted molar refractivity (Wildman–Crippen MR) is 123 cm³/mol. The summed E-state index contributed by atoms with van der Waals surface area (Å²) in [6.45, 7) is 0. The molecule has 1 aliphatic rings. The SMILES string of the molecule is COC(=O)[C@@H]1C(=O)NC(SCC(=O)Nc2cccc(Cl)c2Cl)=C(C#N)[C@@H]1c1ccccc1. The summed E-state index contributed by atoms with van der Waals surface area (Å²) in [5.74, 6) is -3.94. The maximum absolute atomic E-state index is 12.8. The Hall–Kier alpha value is -2.99. The van der Waals surface area contributed by atoms with E-state index in [1.54, 1.807) is 48.5 Å². The number of nitrogens with one attached hydrogen (secondary N) is 2. The predicted octanol–water partition coefficient (Wildman–Crippen LogP) is 4.10. The van der Waals surface area contributed by atoms with E-state index >= 15 is 0 Å². The molecule has 0 spiro atoms. The number of benzene rings is 2. The van der Waals surface area contributed by atoms with Crippen molar-refractivity contribution < 1.29 is 19.1 Å². The fraction of sp³-hybridized carbons (Fsp3) is 0.182. The van der Waals surface area contributed by atoms with Crippen LogP contribution in [0.2, 0.25) is 10.0 Å².